The predicted octanol–water partition coefficient (Wildman–Crippen LogP) is 3.37. The second-order valence-electron chi connectivity index (χ2n) is 6.07. The second kappa shape index (κ2) is 8.39. The summed E-state index contributed by atoms with van der Waals surface area (Å²) in [6.45, 7) is 0.0128. The predicted molar refractivity (Wildman–Crippen MR) is 104 cm³/mol. The highest BCUT2D eigenvalue weighted by molar-refractivity contribution is 7.89. The number of sulfonamides is 1. The van der Waals surface area contributed by atoms with Crippen LogP contribution >= 0.6 is 0 Å². The molecule has 3 aromatic rings. The summed E-state index contributed by atoms with van der Waals surface area (Å²) in [7, 11) is -4.15. The molecule has 0 fully saturated rings. The Bertz CT molecular complexity index is 1060. The summed E-state index contributed by atoms with van der Waals surface area (Å²) in [5.41, 5.74) is 1.65. The van der Waals surface area contributed by atoms with Crippen LogP contribution in [-0.2, 0) is 23.2 Å². The van der Waals surface area contributed by atoms with E-state index in [-0.39, 0.29) is 23.0 Å². The zero-order valence-electron chi connectivity index (χ0n) is 14.8. The van der Waals surface area contributed by atoms with Gasteiger partial charge < -0.3 is 15.2 Å². The van der Waals surface area contributed by atoms with Crippen LogP contribution in [0.4, 0.5) is 10.1 Å². The molecule has 0 saturated carbocycles. The number of aliphatic hydroxyl groups excluding tert-OH is 1. The van der Waals surface area contributed by atoms with Gasteiger partial charge in [-0.2, -0.15) is 0 Å². The van der Waals surface area contributed by atoms with Crippen molar-refractivity contribution in [1.29, 1.82) is 0 Å². The minimum Gasteiger partial charge on any atom is -0.454 e. The minimum absolute atomic E-state index is 0.0257. The lowest BCUT2D eigenvalue weighted by Gasteiger charge is -2.18. The Morgan fingerprint density at radius 2 is 1.68 bits per heavy atom. The number of halogens is 1. The smallest absolute Gasteiger partial charge is 0.241 e. The van der Waals surface area contributed by atoms with Gasteiger partial charge in [-0.25, -0.2) is 17.9 Å². The molecular formula is C20H19FN2O4S. The molecule has 8 heteroatoms. The number of anilines is 1. The van der Waals surface area contributed by atoms with Crippen LogP contribution in [0.3, 0.4) is 0 Å². The first-order valence-electron chi connectivity index (χ1n) is 8.38. The van der Waals surface area contributed by atoms with E-state index in [1.807, 2.05) is 30.3 Å². The average Bonchev–Trinajstić information content (AvgIpc) is 2.68. The highest BCUT2D eigenvalue weighted by atomic mass is 32.2. The van der Waals surface area contributed by atoms with E-state index in [0.717, 1.165) is 5.56 Å². The molecule has 4 N–H and O–H groups in total. The molecule has 0 aliphatic rings. The lowest BCUT2D eigenvalue weighted by atomic mass is 10.1. The third-order valence-corrected chi connectivity index (χ3v) is 4.88. The molecule has 3 rings (SSSR count). The molecule has 6 nitrogen and oxygen atoms in total. The molecule has 0 unspecified atom stereocenters. The zero-order chi connectivity index (χ0) is 20.1. The first-order chi connectivity index (χ1) is 13.4. The molecule has 0 atom stereocenters. The molecule has 3 aromatic carbocycles. The molecule has 28 heavy (non-hydrogen) atoms. The van der Waals surface area contributed by atoms with Crippen LogP contribution in [-0.4, -0.2) is 13.5 Å². The van der Waals surface area contributed by atoms with Crippen molar-refractivity contribution in [2.75, 3.05) is 5.32 Å². The molecule has 0 radical (unpaired) electrons. The number of nitrogens with one attached hydrogen (secondary N) is 1. The standard InChI is InChI=1S/C20H19FN2O4S/c21-16-6-8-17(9-7-16)27-20-18(23-12-14-4-2-1-3-5-14)10-15(13-24)11-19(20)28(22,25)26/h1-11,23-24H,12-13H2,(H2,22,25,26). The maximum Gasteiger partial charge on any atom is 0.241 e. The van der Waals surface area contributed by atoms with Crippen molar-refractivity contribution in [3.63, 3.8) is 0 Å². The third kappa shape index (κ3) is 4.86. The van der Waals surface area contributed by atoms with E-state index in [0.29, 0.717) is 17.8 Å². The Morgan fingerprint density at radius 1 is 1.00 bits per heavy atom. The van der Waals surface area contributed by atoms with Crippen LogP contribution < -0.4 is 15.2 Å². The fraction of sp³-hybridized carbons (Fsp3) is 0.100. The van der Waals surface area contributed by atoms with Crippen molar-refractivity contribution in [3.05, 3.63) is 83.7 Å². The Labute approximate surface area is 162 Å². The van der Waals surface area contributed by atoms with Gasteiger partial charge >= 0.3 is 0 Å². The van der Waals surface area contributed by atoms with Gasteiger partial charge in [0.15, 0.2) is 5.75 Å². The summed E-state index contributed by atoms with van der Waals surface area (Å²) in [5.74, 6) is -0.231. The first kappa shape index (κ1) is 19.8. The average molecular weight is 402 g/mol. The fourth-order valence-electron chi connectivity index (χ4n) is 2.61. The highest BCUT2D eigenvalue weighted by Gasteiger charge is 2.21. The molecule has 0 saturated heterocycles. The molecule has 0 heterocycles. The molecule has 0 aliphatic carbocycles. The van der Waals surface area contributed by atoms with E-state index >= 15 is 0 Å². The summed E-state index contributed by atoms with van der Waals surface area (Å²) in [6.07, 6.45) is 0. The maximum absolute atomic E-state index is 13.2. The number of benzene rings is 3. The third-order valence-electron chi connectivity index (χ3n) is 3.96. The van der Waals surface area contributed by atoms with Crippen LogP contribution in [0.2, 0.25) is 0 Å². The number of ether oxygens (including phenoxy) is 1. The molecule has 146 valence electrons. The van der Waals surface area contributed by atoms with Crippen LogP contribution in [0.25, 0.3) is 0 Å². The molecule has 0 aromatic heterocycles. The van der Waals surface area contributed by atoms with Crippen LogP contribution in [0.1, 0.15) is 11.1 Å². The molecule has 0 amide bonds. The van der Waals surface area contributed by atoms with Crippen molar-refractivity contribution >= 4 is 15.7 Å². The van der Waals surface area contributed by atoms with E-state index in [1.54, 1.807) is 6.07 Å². The lowest BCUT2D eigenvalue weighted by Crippen LogP contribution is -2.15. The zero-order valence-corrected chi connectivity index (χ0v) is 15.6. The summed E-state index contributed by atoms with van der Waals surface area (Å²) < 4.78 is 43.2. The summed E-state index contributed by atoms with van der Waals surface area (Å²) >= 11 is 0. The quantitative estimate of drug-likeness (QED) is 0.562. The Hall–Kier alpha value is -2.94. The minimum atomic E-state index is -4.15. The summed E-state index contributed by atoms with van der Waals surface area (Å²) in [6, 6.07) is 17.5. The van der Waals surface area contributed by atoms with E-state index in [1.165, 1.54) is 30.3 Å². The van der Waals surface area contributed by atoms with Crippen LogP contribution in [0, 0.1) is 5.82 Å². The van der Waals surface area contributed by atoms with E-state index in [9.17, 15) is 17.9 Å². The summed E-state index contributed by atoms with van der Waals surface area (Å²) in [4.78, 5) is -0.279. The molecule has 0 bridgehead atoms. The van der Waals surface area contributed by atoms with Crippen molar-refractivity contribution in [1.82, 2.24) is 0 Å². The Balaban J connectivity index is 2.05. The van der Waals surface area contributed by atoms with E-state index < -0.39 is 15.8 Å². The van der Waals surface area contributed by atoms with Gasteiger partial charge in [-0.3, -0.25) is 0 Å². The van der Waals surface area contributed by atoms with Crippen molar-refractivity contribution in [2.24, 2.45) is 5.14 Å². The van der Waals surface area contributed by atoms with Gasteiger partial charge in [-0.1, -0.05) is 30.3 Å². The van der Waals surface area contributed by atoms with Gasteiger partial charge in [0.1, 0.15) is 16.5 Å². The van der Waals surface area contributed by atoms with Crippen LogP contribution in [0.5, 0.6) is 11.5 Å². The van der Waals surface area contributed by atoms with Gasteiger partial charge in [-0.05, 0) is 47.5 Å². The normalized spacial score (nSPS) is 11.2. The van der Waals surface area contributed by atoms with Crippen LogP contribution in [0.15, 0.2) is 71.6 Å². The topological polar surface area (TPSA) is 102 Å². The van der Waals surface area contributed by atoms with E-state index in [2.05, 4.69) is 5.32 Å². The maximum atomic E-state index is 13.2. The largest absolute Gasteiger partial charge is 0.454 e. The number of primary sulfonamides is 1. The number of hydrogen-bond donors (Lipinski definition) is 3. The van der Waals surface area contributed by atoms with Crippen molar-refractivity contribution < 1.29 is 22.7 Å². The number of rotatable bonds is 7. The second-order valence-corrected chi connectivity index (χ2v) is 7.60. The van der Waals surface area contributed by atoms with Gasteiger partial charge in [0, 0.05) is 6.54 Å². The fourth-order valence-corrected chi connectivity index (χ4v) is 3.34. The molecule has 0 spiro atoms. The summed E-state index contributed by atoms with van der Waals surface area (Å²) in [5, 5.41) is 18.0. The first-order valence-corrected chi connectivity index (χ1v) is 9.93. The van der Waals surface area contributed by atoms with Gasteiger partial charge in [-0.15, -0.1) is 0 Å². The monoisotopic (exact) mass is 402 g/mol. The highest BCUT2D eigenvalue weighted by Crippen LogP contribution is 2.37. The number of nitrogens with two attached hydrogens (primary N) is 1. The number of hydrogen-bond acceptors (Lipinski definition) is 5. The lowest BCUT2D eigenvalue weighted by molar-refractivity contribution is 0.281. The van der Waals surface area contributed by atoms with Gasteiger partial charge in [0.2, 0.25) is 10.0 Å². The van der Waals surface area contributed by atoms with Crippen molar-refractivity contribution in [2.45, 2.75) is 18.0 Å². The van der Waals surface area contributed by atoms with Gasteiger partial charge in [0.25, 0.3) is 0 Å². The van der Waals surface area contributed by atoms with Gasteiger partial charge in [0.05, 0.1) is 12.3 Å². The molecular weight excluding hydrogens is 383 g/mol. The molecule has 0 aliphatic heterocycles. The Morgan fingerprint density at radius 3 is 2.29 bits per heavy atom. The Kier molecular flexibility index (Phi) is 5.93. The van der Waals surface area contributed by atoms with Crippen molar-refractivity contribution in [3.8, 4) is 11.5 Å². The number of aliphatic hydroxyl groups is 1. The van der Waals surface area contributed by atoms with E-state index in [4.69, 9.17) is 9.88 Å². The SMILES string of the molecule is NS(=O)(=O)c1cc(CO)cc(NCc2ccccc2)c1Oc1ccc(F)cc1.